The van der Waals surface area contributed by atoms with Crippen molar-refractivity contribution in [2.24, 2.45) is 0 Å². The number of Topliss-reactive ketones (excluding diaryl/α,β-unsaturated/α-hetero) is 2. The van der Waals surface area contributed by atoms with E-state index in [9.17, 15) is 14.4 Å². The summed E-state index contributed by atoms with van der Waals surface area (Å²) in [5, 5.41) is 8.42. The third-order valence-corrected chi connectivity index (χ3v) is 2.22. The van der Waals surface area contributed by atoms with Gasteiger partial charge in [0.05, 0.1) is 7.11 Å². The molecule has 0 aromatic heterocycles. The van der Waals surface area contributed by atoms with E-state index < -0.39 is 24.0 Å². The topological polar surface area (TPSA) is 80.7 Å². The van der Waals surface area contributed by atoms with Crippen molar-refractivity contribution < 1.29 is 24.2 Å². The number of hydrogen-bond donors (Lipinski definition) is 1. The number of carbonyl (C=O) groups excluding carboxylic acids is 2. The number of carbonyl (C=O) groups is 3. The van der Waals surface area contributed by atoms with Crippen LogP contribution in [0.25, 0.3) is 0 Å². The zero-order valence-electron chi connectivity index (χ0n) is 9.52. The number of methoxy groups -OCH3 is 1. The number of ketones is 2. The molecule has 0 unspecified atom stereocenters. The second kappa shape index (κ2) is 5.25. The van der Waals surface area contributed by atoms with Gasteiger partial charge in [-0.05, 0) is 30.7 Å². The van der Waals surface area contributed by atoms with Gasteiger partial charge in [-0.1, -0.05) is 0 Å². The van der Waals surface area contributed by atoms with Crippen LogP contribution in [0.1, 0.15) is 22.3 Å². The Bertz CT molecular complexity index is 476. The van der Waals surface area contributed by atoms with Crippen molar-refractivity contribution in [3.05, 3.63) is 29.3 Å². The number of carboxylic acids is 1. The Balaban J connectivity index is 2.93. The monoisotopic (exact) mass is 236 g/mol. The maximum absolute atomic E-state index is 11.6. The fourth-order valence-corrected chi connectivity index (χ4v) is 1.40. The lowest BCUT2D eigenvalue weighted by Crippen LogP contribution is -2.18. The molecule has 90 valence electrons. The first-order chi connectivity index (χ1) is 7.95. The summed E-state index contributed by atoms with van der Waals surface area (Å²) in [7, 11) is 1.50. The van der Waals surface area contributed by atoms with E-state index in [-0.39, 0.29) is 5.56 Å². The van der Waals surface area contributed by atoms with Crippen LogP contribution in [0.15, 0.2) is 18.2 Å². The fraction of sp³-hybridized carbons (Fsp3) is 0.250. The Morgan fingerprint density at radius 3 is 2.41 bits per heavy atom. The highest BCUT2D eigenvalue weighted by Crippen LogP contribution is 2.19. The predicted molar refractivity (Wildman–Crippen MR) is 59.3 cm³/mol. The smallest absolute Gasteiger partial charge is 0.311 e. The highest BCUT2D eigenvalue weighted by Gasteiger charge is 2.19. The molecule has 0 saturated heterocycles. The molecule has 0 aliphatic carbocycles. The van der Waals surface area contributed by atoms with Crippen LogP contribution in [0.4, 0.5) is 0 Å². The second-order valence-corrected chi connectivity index (χ2v) is 3.51. The first-order valence-corrected chi connectivity index (χ1v) is 4.89. The first kappa shape index (κ1) is 12.9. The largest absolute Gasteiger partial charge is 0.496 e. The normalized spacial score (nSPS) is 9.76. The molecule has 17 heavy (non-hydrogen) atoms. The van der Waals surface area contributed by atoms with Gasteiger partial charge in [0.15, 0.2) is 0 Å². The number of hydrogen-bond acceptors (Lipinski definition) is 4. The van der Waals surface area contributed by atoms with Gasteiger partial charge in [0.1, 0.15) is 12.2 Å². The first-order valence-electron chi connectivity index (χ1n) is 4.89. The molecule has 1 N–H and O–H groups in total. The average molecular weight is 236 g/mol. The molecule has 0 atom stereocenters. The van der Waals surface area contributed by atoms with E-state index in [0.717, 1.165) is 0 Å². The summed E-state index contributed by atoms with van der Waals surface area (Å²) in [6.45, 7) is 1.73. The van der Waals surface area contributed by atoms with Crippen LogP contribution in [0.5, 0.6) is 5.75 Å². The summed E-state index contributed by atoms with van der Waals surface area (Å²) in [6, 6.07) is 4.51. The molecule has 5 heteroatoms. The molecule has 0 bridgehead atoms. The zero-order valence-corrected chi connectivity index (χ0v) is 9.52. The van der Waals surface area contributed by atoms with Gasteiger partial charge in [0.2, 0.25) is 11.6 Å². The molecule has 1 aromatic rings. The van der Waals surface area contributed by atoms with Gasteiger partial charge in [-0.2, -0.15) is 0 Å². The van der Waals surface area contributed by atoms with Crippen LogP contribution < -0.4 is 4.74 Å². The van der Waals surface area contributed by atoms with Crippen molar-refractivity contribution in [2.75, 3.05) is 7.11 Å². The molecular weight excluding hydrogens is 224 g/mol. The third-order valence-electron chi connectivity index (χ3n) is 2.22. The summed E-state index contributed by atoms with van der Waals surface area (Å²) < 4.78 is 5.01. The highest BCUT2D eigenvalue weighted by molar-refractivity contribution is 6.45. The predicted octanol–water partition coefficient (Wildman–Crippen LogP) is 1.23. The summed E-state index contributed by atoms with van der Waals surface area (Å²) >= 11 is 0. The number of carboxylic acid groups (broad SMARTS) is 1. The molecule has 0 saturated carbocycles. The Kier molecular flexibility index (Phi) is 3.98. The Labute approximate surface area is 98.0 Å². The van der Waals surface area contributed by atoms with Crippen LogP contribution >= 0.6 is 0 Å². The minimum absolute atomic E-state index is 0.176. The van der Waals surface area contributed by atoms with Crippen molar-refractivity contribution in [1.82, 2.24) is 0 Å². The van der Waals surface area contributed by atoms with Gasteiger partial charge in [-0.3, -0.25) is 14.4 Å². The van der Waals surface area contributed by atoms with E-state index in [1.54, 1.807) is 13.0 Å². The fourth-order valence-electron chi connectivity index (χ4n) is 1.40. The van der Waals surface area contributed by atoms with E-state index in [0.29, 0.717) is 11.3 Å². The van der Waals surface area contributed by atoms with Crippen molar-refractivity contribution in [2.45, 2.75) is 13.3 Å². The van der Waals surface area contributed by atoms with E-state index in [2.05, 4.69) is 0 Å². The number of benzene rings is 1. The third kappa shape index (κ3) is 3.14. The van der Waals surface area contributed by atoms with Gasteiger partial charge < -0.3 is 9.84 Å². The van der Waals surface area contributed by atoms with E-state index >= 15 is 0 Å². The number of aliphatic carboxylic acids is 1. The summed E-state index contributed by atoms with van der Waals surface area (Å²) in [6.07, 6.45) is -0.788. The number of ether oxygens (including phenoxy) is 1. The lowest BCUT2D eigenvalue weighted by atomic mass is 10.0. The van der Waals surface area contributed by atoms with Crippen LogP contribution in [0.3, 0.4) is 0 Å². The van der Waals surface area contributed by atoms with Gasteiger partial charge >= 0.3 is 5.97 Å². The molecule has 1 aromatic carbocycles. The molecule has 0 aliphatic rings. The van der Waals surface area contributed by atoms with Gasteiger partial charge in [0, 0.05) is 5.56 Å². The van der Waals surface area contributed by atoms with E-state index in [4.69, 9.17) is 9.84 Å². The molecule has 0 radical (unpaired) electrons. The minimum atomic E-state index is -1.31. The molecule has 0 fully saturated rings. The summed E-state index contributed by atoms with van der Waals surface area (Å²) in [5.41, 5.74) is 0.885. The number of rotatable bonds is 5. The maximum Gasteiger partial charge on any atom is 0.311 e. The van der Waals surface area contributed by atoms with Crippen LogP contribution in [0, 0.1) is 6.92 Å². The lowest BCUT2D eigenvalue weighted by Gasteiger charge is -2.05. The molecule has 5 nitrogen and oxygen atoms in total. The number of aryl methyl sites for hydroxylation is 1. The van der Waals surface area contributed by atoms with Gasteiger partial charge in [0.25, 0.3) is 0 Å². The Hall–Kier alpha value is -2.17. The van der Waals surface area contributed by atoms with Crippen molar-refractivity contribution in [1.29, 1.82) is 0 Å². The van der Waals surface area contributed by atoms with Crippen LogP contribution in [-0.4, -0.2) is 29.8 Å². The van der Waals surface area contributed by atoms with Crippen molar-refractivity contribution >= 4 is 17.5 Å². The lowest BCUT2D eigenvalue weighted by molar-refractivity contribution is -0.139. The van der Waals surface area contributed by atoms with Crippen LogP contribution in [-0.2, 0) is 9.59 Å². The second-order valence-electron chi connectivity index (χ2n) is 3.51. The molecular formula is C12H12O5. The average Bonchev–Trinajstić information content (AvgIpc) is 2.27. The molecule has 0 spiro atoms. The molecule has 0 amide bonds. The van der Waals surface area contributed by atoms with E-state index in [1.165, 1.54) is 19.2 Å². The summed E-state index contributed by atoms with van der Waals surface area (Å²) in [4.78, 5) is 33.2. The van der Waals surface area contributed by atoms with Crippen LogP contribution in [0.2, 0.25) is 0 Å². The Morgan fingerprint density at radius 2 is 1.94 bits per heavy atom. The van der Waals surface area contributed by atoms with Gasteiger partial charge in [-0.15, -0.1) is 0 Å². The molecule has 0 heterocycles. The van der Waals surface area contributed by atoms with E-state index in [1.807, 2.05) is 0 Å². The minimum Gasteiger partial charge on any atom is -0.496 e. The maximum atomic E-state index is 11.6. The zero-order chi connectivity index (χ0) is 13.0. The van der Waals surface area contributed by atoms with Crippen molar-refractivity contribution in [3.63, 3.8) is 0 Å². The highest BCUT2D eigenvalue weighted by atomic mass is 16.5. The summed E-state index contributed by atoms with van der Waals surface area (Å²) in [5.74, 6) is -2.43. The quantitative estimate of drug-likeness (QED) is 0.472. The van der Waals surface area contributed by atoms with Gasteiger partial charge in [-0.25, -0.2) is 0 Å². The standard InChI is InChI=1S/C12H12O5/c1-7-5-8(3-4-10(7)17-2)12(16)9(13)6-11(14)15/h3-5H,6H2,1-2H3,(H,14,15). The van der Waals surface area contributed by atoms with Crippen molar-refractivity contribution in [3.8, 4) is 5.75 Å². The molecule has 0 aliphatic heterocycles. The Morgan fingerprint density at radius 1 is 1.29 bits per heavy atom. The SMILES string of the molecule is COc1ccc(C(=O)C(=O)CC(=O)O)cc1C. The molecule has 1 rings (SSSR count).